The lowest BCUT2D eigenvalue weighted by Crippen LogP contribution is -1.96. The van der Waals surface area contributed by atoms with E-state index in [1.165, 1.54) is 24.3 Å². The highest BCUT2D eigenvalue weighted by Gasteiger charge is 2.08. The van der Waals surface area contributed by atoms with Crippen LogP contribution in [-0.4, -0.2) is 20.8 Å². The van der Waals surface area contributed by atoms with E-state index in [1.807, 2.05) is 0 Å². The van der Waals surface area contributed by atoms with E-state index in [2.05, 4.69) is 4.99 Å². The number of aliphatic imine (C=N–C) groups is 1. The van der Waals surface area contributed by atoms with Crippen LogP contribution in [0.4, 0.5) is 5.69 Å². The van der Waals surface area contributed by atoms with Crippen LogP contribution in [-0.2, 0) is 14.6 Å². The molecule has 0 atom stereocenters. The number of carbonyl (C=O) groups excluding carboxylic acids is 1. The smallest absolute Gasteiger partial charge is 0.224 e. The monoisotopic (exact) mass is 211 g/mol. The van der Waals surface area contributed by atoms with Crippen LogP contribution < -0.4 is 0 Å². The largest absolute Gasteiger partial charge is 0.240 e. The van der Waals surface area contributed by atoms with Crippen LogP contribution in [0.2, 0.25) is 0 Å². The average molecular weight is 211 g/mol. The number of rotatable bonds is 2. The number of hydrogen-bond donors (Lipinski definition) is 0. The molecule has 1 aromatic carbocycles. The van der Waals surface area contributed by atoms with Crippen molar-refractivity contribution in [1.29, 1.82) is 0 Å². The lowest BCUT2D eigenvalue weighted by molar-refractivity contribution is 0.565. The Morgan fingerprint density at radius 1 is 1.36 bits per heavy atom. The molecule has 0 aliphatic carbocycles. The van der Waals surface area contributed by atoms with Gasteiger partial charge < -0.3 is 0 Å². The van der Waals surface area contributed by atoms with Crippen LogP contribution in [0.5, 0.6) is 0 Å². The Hall–Kier alpha value is -1.45. The summed E-state index contributed by atoms with van der Waals surface area (Å²) in [6, 6.07) is 4.38. The van der Waals surface area contributed by atoms with Gasteiger partial charge in [-0.2, -0.15) is 4.99 Å². The van der Waals surface area contributed by atoms with Gasteiger partial charge in [-0.15, -0.1) is 0 Å². The lowest BCUT2D eigenvalue weighted by Gasteiger charge is -2.01. The third-order valence-electron chi connectivity index (χ3n) is 1.76. The van der Waals surface area contributed by atoms with E-state index < -0.39 is 9.84 Å². The molecule has 0 unspecified atom stereocenters. The van der Waals surface area contributed by atoms with Gasteiger partial charge in [-0.05, 0) is 30.7 Å². The maximum Gasteiger partial charge on any atom is 0.240 e. The van der Waals surface area contributed by atoms with Gasteiger partial charge in [-0.3, -0.25) is 0 Å². The molecule has 0 aliphatic heterocycles. The van der Waals surface area contributed by atoms with Gasteiger partial charge in [0.25, 0.3) is 0 Å². The summed E-state index contributed by atoms with van der Waals surface area (Å²) in [6.07, 6.45) is 2.54. The lowest BCUT2D eigenvalue weighted by atomic mass is 10.2. The first kappa shape index (κ1) is 10.6. The molecule has 14 heavy (non-hydrogen) atoms. The topological polar surface area (TPSA) is 63.6 Å². The molecule has 0 N–H and O–H groups in total. The number of aryl methyl sites for hydroxylation is 1. The normalized spacial score (nSPS) is 10.7. The molecule has 0 saturated heterocycles. The third-order valence-corrected chi connectivity index (χ3v) is 2.87. The van der Waals surface area contributed by atoms with E-state index in [-0.39, 0.29) is 4.90 Å². The molecule has 4 nitrogen and oxygen atoms in total. The van der Waals surface area contributed by atoms with Crippen LogP contribution in [0.15, 0.2) is 28.1 Å². The zero-order valence-corrected chi connectivity index (χ0v) is 8.63. The van der Waals surface area contributed by atoms with Crippen molar-refractivity contribution in [2.45, 2.75) is 11.8 Å². The first-order chi connectivity index (χ1) is 6.45. The fourth-order valence-electron chi connectivity index (χ4n) is 1.03. The Morgan fingerprint density at radius 2 is 2.00 bits per heavy atom. The molecule has 74 valence electrons. The van der Waals surface area contributed by atoms with Crippen LogP contribution in [0.25, 0.3) is 0 Å². The maximum absolute atomic E-state index is 11.1. The van der Waals surface area contributed by atoms with Gasteiger partial charge >= 0.3 is 0 Å². The zero-order valence-electron chi connectivity index (χ0n) is 7.81. The Bertz CT molecular complexity index is 499. The Labute approximate surface area is 82.2 Å². The summed E-state index contributed by atoms with van der Waals surface area (Å²) in [5, 5.41) is 0. The molecule has 0 aliphatic rings. The van der Waals surface area contributed by atoms with E-state index in [4.69, 9.17) is 0 Å². The summed E-state index contributed by atoms with van der Waals surface area (Å²) < 4.78 is 22.3. The van der Waals surface area contributed by atoms with Crippen LogP contribution >= 0.6 is 0 Å². The first-order valence-corrected chi connectivity index (χ1v) is 5.73. The van der Waals surface area contributed by atoms with Crippen molar-refractivity contribution >= 4 is 21.6 Å². The van der Waals surface area contributed by atoms with E-state index in [1.54, 1.807) is 6.92 Å². The van der Waals surface area contributed by atoms with Crippen molar-refractivity contribution in [1.82, 2.24) is 0 Å². The molecule has 1 aromatic rings. The first-order valence-electron chi connectivity index (χ1n) is 3.84. The highest BCUT2D eigenvalue weighted by atomic mass is 32.2. The molecule has 0 amide bonds. The molecule has 0 bridgehead atoms. The maximum atomic E-state index is 11.1. The zero-order chi connectivity index (χ0) is 10.8. The molecular formula is C9H9NO3S. The quantitative estimate of drug-likeness (QED) is 0.548. The Morgan fingerprint density at radius 3 is 2.43 bits per heavy atom. The Kier molecular flexibility index (Phi) is 2.84. The predicted octanol–water partition coefficient (Wildman–Crippen LogP) is 1.37. The summed E-state index contributed by atoms with van der Waals surface area (Å²) in [5.41, 5.74) is 1.07. The number of benzene rings is 1. The van der Waals surface area contributed by atoms with E-state index >= 15 is 0 Å². The molecule has 0 aromatic heterocycles. The number of isocyanates is 1. The summed E-state index contributed by atoms with van der Waals surface area (Å²) >= 11 is 0. The van der Waals surface area contributed by atoms with Crippen molar-refractivity contribution < 1.29 is 13.2 Å². The molecule has 1 rings (SSSR count). The predicted molar refractivity (Wildman–Crippen MR) is 52.1 cm³/mol. The fourth-order valence-corrected chi connectivity index (χ4v) is 1.74. The Balaban J connectivity index is 3.33. The summed E-state index contributed by atoms with van der Waals surface area (Å²) in [5.74, 6) is 0. The van der Waals surface area contributed by atoms with Crippen molar-refractivity contribution in [2.75, 3.05) is 6.26 Å². The molecule has 0 fully saturated rings. The van der Waals surface area contributed by atoms with Crippen LogP contribution in [0.3, 0.4) is 0 Å². The molecule has 0 saturated carbocycles. The van der Waals surface area contributed by atoms with Gasteiger partial charge in [-0.25, -0.2) is 13.2 Å². The minimum absolute atomic E-state index is 0.222. The van der Waals surface area contributed by atoms with Crippen molar-refractivity contribution in [3.8, 4) is 0 Å². The second-order valence-corrected chi connectivity index (χ2v) is 4.94. The fraction of sp³-hybridized carbons (Fsp3) is 0.222. The summed E-state index contributed by atoms with van der Waals surface area (Å²) in [7, 11) is -3.20. The van der Waals surface area contributed by atoms with Gasteiger partial charge in [0.1, 0.15) is 0 Å². The number of hydrogen-bond acceptors (Lipinski definition) is 4. The standard InChI is InChI=1S/C9H9NO3S/c1-7-5-8(14(2,12)13)3-4-9(7)10-6-11/h3-5H,1-2H3. The van der Waals surface area contributed by atoms with Crippen LogP contribution in [0.1, 0.15) is 5.56 Å². The second kappa shape index (κ2) is 3.74. The van der Waals surface area contributed by atoms with Crippen molar-refractivity contribution in [3.05, 3.63) is 23.8 Å². The minimum Gasteiger partial charge on any atom is -0.224 e. The molecule has 0 spiro atoms. The molecule has 0 radical (unpaired) electrons. The van der Waals surface area contributed by atoms with Gasteiger partial charge in [0, 0.05) is 6.26 Å². The van der Waals surface area contributed by atoms with Crippen LogP contribution in [0, 0.1) is 6.92 Å². The summed E-state index contributed by atoms with van der Waals surface area (Å²) in [4.78, 5) is 13.6. The van der Waals surface area contributed by atoms with Gasteiger partial charge in [0.15, 0.2) is 9.84 Å². The average Bonchev–Trinajstić information content (AvgIpc) is 2.07. The molecule has 5 heteroatoms. The van der Waals surface area contributed by atoms with Crippen molar-refractivity contribution in [3.63, 3.8) is 0 Å². The molecular weight excluding hydrogens is 202 g/mol. The van der Waals surface area contributed by atoms with E-state index in [0.717, 1.165) is 6.26 Å². The van der Waals surface area contributed by atoms with Gasteiger partial charge in [-0.1, -0.05) is 0 Å². The summed E-state index contributed by atoms with van der Waals surface area (Å²) in [6.45, 7) is 1.69. The number of nitrogens with zero attached hydrogens (tertiary/aromatic N) is 1. The second-order valence-electron chi connectivity index (χ2n) is 2.92. The third kappa shape index (κ3) is 2.28. The minimum atomic E-state index is -3.20. The van der Waals surface area contributed by atoms with E-state index in [0.29, 0.717) is 11.3 Å². The van der Waals surface area contributed by atoms with E-state index in [9.17, 15) is 13.2 Å². The van der Waals surface area contributed by atoms with Gasteiger partial charge in [0.05, 0.1) is 10.6 Å². The highest BCUT2D eigenvalue weighted by Crippen LogP contribution is 2.21. The van der Waals surface area contributed by atoms with Crippen molar-refractivity contribution in [2.24, 2.45) is 4.99 Å². The number of sulfone groups is 1. The SMILES string of the molecule is Cc1cc(S(C)(=O)=O)ccc1N=C=O. The highest BCUT2D eigenvalue weighted by molar-refractivity contribution is 7.90. The van der Waals surface area contributed by atoms with Gasteiger partial charge in [0.2, 0.25) is 6.08 Å². The molecule has 0 heterocycles.